The molecule has 6 heteroatoms. The molecule has 1 N–H and O–H groups in total. The molecule has 6 nitrogen and oxygen atoms in total. The van der Waals surface area contributed by atoms with Gasteiger partial charge in [0.2, 0.25) is 5.91 Å². The van der Waals surface area contributed by atoms with Crippen LogP contribution in [0.2, 0.25) is 0 Å². The molecule has 3 fully saturated rings. The molecule has 32 heavy (non-hydrogen) atoms. The first kappa shape index (κ1) is 19.5. The summed E-state index contributed by atoms with van der Waals surface area (Å²) >= 11 is 0. The zero-order valence-corrected chi connectivity index (χ0v) is 18.0. The van der Waals surface area contributed by atoms with Crippen LogP contribution in [0.5, 0.6) is 0 Å². The average molecular weight is 430 g/mol. The number of hydrogen-bond acceptors (Lipinski definition) is 4. The Bertz CT molecular complexity index is 1170. The van der Waals surface area contributed by atoms with Crippen molar-refractivity contribution in [3.05, 3.63) is 60.0 Å². The van der Waals surface area contributed by atoms with Gasteiger partial charge in [-0.1, -0.05) is 31.0 Å². The molecule has 3 aliphatic rings. The first-order chi connectivity index (χ1) is 15.7. The fourth-order valence-electron chi connectivity index (χ4n) is 5.47. The molecule has 2 saturated carbocycles. The van der Waals surface area contributed by atoms with Crippen molar-refractivity contribution in [3.8, 4) is 0 Å². The van der Waals surface area contributed by atoms with Crippen LogP contribution >= 0.6 is 0 Å². The highest BCUT2D eigenvalue weighted by Gasteiger charge is 2.47. The molecule has 6 rings (SSSR count). The van der Waals surface area contributed by atoms with Crippen LogP contribution in [0.1, 0.15) is 67.1 Å². The summed E-state index contributed by atoms with van der Waals surface area (Å²) < 4.78 is 5.84. The number of amides is 2. The minimum absolute atomic E-state index is 0.0406. The topological polar surface area (TPSA) is 75.4 Å². The van der Waals surface area contributed by atoms with Crippen molar-refractivity contribution >= 4 is 28.6 Å². The summed E-state index contributed by atoms with van der Waals surface area (Å²) in [5, 5.41) is 3.06. The molecule has 0 bridgehead atoms. The number of oxazole rings is 1. The van der Waals surface area contributed by atoms with E-state index in [4.69, 9.17) is 4.42 Å². The standard InChI is InChI=1S/C26H27N3O3/c30-24(27-19-12-13-23-20(15-19)28-25(32-23)16-10-11-16)22-14-18-8-4-5-9-21(18)29(22)26(31)17-6-2-1-3-7-17/h1-3,6-7,12-13,15-16,18,21-22H,4-5,8-11,14H2,(H,27,30). The van der Waals surface area contributed by atoms with E-state index in [9.17, 15) is 9.59 Å². The Morgan fingerprint density at radius 2 is 1.81 bits per heavy atom. The van der Waals surface area contributed by atoms with Crippen LogP contribution in [0.3, 0.4) is 0 Å². The molecule has 1 saturated heterocycles. The number of aromatic nitrogens is 1. The van der Waals surface area contributed by atoms with Gasteiger partial charge in [0.1, 0.15) is 11.6 Å². The molecule has 2 heterocycles. The molecule has 0 spiro atoms. The van der Waals surface area contributed by atoms with Gasteiger partial charge in [0.25, 0.3) is 5.91 Å². The van der Waals surface area contributed by atoms with E-state index in [1.165, 1.54) is 6.42 Å². The van der Waals surface area contributed by atoms with Gasteiger partial charge in [-0.15, -0.1) is 0 Å². The Labute approximate surface area is 187 Å². The number of rotatable bonds is 4. The SMILES string of the molecule is O=C(Nc1ccc2oc(C3CC3)nc2c1)C1CC2CCCCC2N1C(=O)c1ccccc1. The van der Waals surface area contributed by atoms with Crippen LogP contribution in [-0.2, 0) is 4.79 Å². The van der Waals surface area contributed by atoms with Gasteiger partial charge in [0, 0.05) is 23.2 Å². The van der Waals surface area contributed by atoms with Crippen LogP contribution in [0, 0.1) is 5.92 Å². The number of carbonyl (C=O) groups excluding carboxylic acids is 2. The van der Waals surface area contributed by atoms with E-state index in [2.05, 4.69) is 10.3 Å². The maximum atomic E-state index is 13.4. The molecule has 3 aromatic rings. The lowest BCUT2D eigenvalue weighted by molar-refractivity contribution is -0.120. The van der Waals surface area contributed by atoms with Crippen molar-refractivity contribution in [2.45, 2.75) is 62.9 Å². The van der Waals surface area contributed by atoms with Gasteiger partial charge in [-0.3, -0.25) is 9.59 Å². The van der Waals surface area contributed by atoms with Crippen LogP contribution in [0.25, 0.3) is 11.1 Å². The summed E-state index contributed by atoms with van der Waals surface area (Å²) in [5.74, 6) is 1.48. The van der Waals surface area contributed by atoms with Crippen LogP contribution in [0.15, 0.2) is 52.9 Å². The molecular weight excluding hydrogens is 402 g/mol. The second-order valence-corrected chi connectivity index (χ2v) is 9.44. The maximum absolute atomic E-state index is 13.4. The Kier molecular flexibility index (Phi) is 4.74. The number of nitrogens with one attached hydrogen (secondary N) is 1. The van der Waals surface area contributed by atoms with E-state index < -0.39 is 6.04 Å². The third-order valence-corrected chi connectivity index (χ3v) is 7.24. The molecule has 2 aliphatic carbocycles. The number of likely N-dealkylation sites (tertiary alicyclic amines) is 1. The lowest BCUT2D eigenvalue weighted by atomic mass is 9.84. The summed E-state index contributed by atoms with van der Waals surface area (Å²) in [4.78, 5) is 33.3. The second kappa shape index (κ2) is 7.76. The molecule has 3 atom stereocenters. The molecule has 2 amide bonds. The van der Waals surface area contributed by atoms with Crippen molar-refractivity contribution in [1.29, 1.82) is 0 Å². The summed E-state index contributed by atoms with van der Waals surface area (Å²) in [7, 11) is 0. The summed E-state index contributed by atoms with van der Waals surface area (Å²) in [6.45, 7) is 0. The van der Waals surface area contributed by atoms with Gasteiger partial charge in [0.05, 0.1) is 0 Å². The number of hydrogen-bond donors (Lipinski definition) is 1. The normalized spacial score (nSPS) is 25.0. The highest BCUT2D eigenvalue weighted by molar-refractivity contribution is 6.02. The molecule has 1 aliphatic heterocycles. The molecule has 164 valence electrons. The zero-order valence-electron chi connectivity index (χ0n) is 18.0. The third kappa shape index (κ3) is 3.48. The minimum atomic E-state index is -0.453. The van der Waals surface area contributed by atoms with Crippen molar-refractivity contribution in [3.63, 3.8) is 0 Å². The van der Waals surface area contributed by atoms with E-state index >= 15 is 0 Å². The number of anilines is 1. The monoisotopic (exact) mass is 429 g/mol. The molecule has 3 unspecified atom stereocenters. The summed E-state index contributed by atoms with van der Waals surface area (Å²) in [5.41, 5.74) is 2.85. The van der Waals surface area contributed by atoms with Gasteiger partial charge in [-0.2, -0.15) is 0 Å². The van der Waals surface area contributed by atoms with Crippen molar-refractivity contribution in [2.75, 3.05) is 5.32 Å². The third-order valence-electron chi connectivity index (χ3n) is 7.24. The number of nitrogens with zero attached hydrogens (tertiary/aromatic N) is 2. The predicted octanol–water partition coefficient (Wildman–Crippen LogP) is 5.12. The van der Waals surface area contributed by atoms with E-state index in [-0.39, 0.29) is 17.9 Å². The van der Waals surface area contributed by atoms with Crippen LogP contribution in [-0.4, -0.2) is 33.8 Å². The van der Waals surface area contributed by atoms with Crippen molar-refractivity contribution in [1.82, 2.24) is 9.88 Å². The highest BCUT2D eigenvalue weighted by Crippen LogP contribution is 2.42. The largest absolute Gasteiger partial charge is 0.440 e. The van der Waals surface area contributed by atoms with E-state index in [0.29, 0.717) is 23.1 Å². The molecular formula is C26H27N3O3. The fraction of sp³-hybridized carbons (Fsp3) is 0.423. The maximum Gasteiger partial charge on any atom is 0.254 e. The van der Waals surface area contributed by atoms with Crippen LogP contribution < -0.4 is 5.32 Å². The summed E-state index contributed by atoms with van der Waals surface area (Å²) in [6, 6.07) is 14.6. The Morgan fingerprint density at radius 1 is 1.00 bits per heavy atom. The van der Waals surface area contributed by atoms with Gasteiger partial charge in [-0.05, 0) is 68.4 Å². The predicted molar refractivity (Wildman–Crippen MR) is 121 cm³/mol. The van der Waals surface area contributed by atoms with Crippen molar-refractivity contribution in [2.24, 2.45) is 5.92 Å². The quantitative estimate of drug-likeness (QED) is 0.625. The Hall–Kier alpha value is -3.15. The lowest BCUT2D eigenvalue weighted by Gasteiger charge is -2.33. The van der Waals surface area contributed by atoms with Crippen molar-refractivity contribution < 1.29 is 14.0 Å². The molecule has 2 aromatic carbocycles. The molecule has 0 radical (unpaired) electrons. The van der Waals surface area contributed by atoms with E-state index in [1.54, 1.807) is 0 Å². The molecule has 1 aromatic heterocycles. The number of carbonyl (C=O) groups is 2. The first-order valence-electron chi connectivity index (χ1n) is 11.8. The van der Waals surface area contributed by atoms with Gasteiger partial charge >= 0.3 is 0 Å². The number of fused-ring (bicyclic) bond motifs is 2. The second-order valence-electron chi connectivity index (χ2n) is 9.44. The van der Waals surface area contributed by atoms with E-state index in [1.807, 2.05) is 53.4 Å². The Balaban J connectivity index is 1.26. The fourth-order valence-corrected chi connectivity index (χ4v) is 5.47. The average Bonchev–Trinajstić information content (AvgIpc) is 3.47. The van der Waals surface area contributed by atoms with Gasteiger partial charge in [-0.25, -0.2) is 4.98 Å². The van der Waals surface area contributed by atoms with Gasteiger partial charge < -0.3 is 14.6 Å². The zero-order chi connectivity index (χ0) is 21.7. The Morgan fingerprint density at radius 3 is 2.62 bits per heavy atom. The highest BCUT2D eigenvalue weighted by atomic mass is 16.3. The summed E-state index contributed by atoms with van der Waals surface area (Å²) in [6.07, 6.45) is 7.34. The van der Waals surface area contributed by atoms with E-state index in [0.717, 1.165) is 55.5 Å². The smallest absolute Gasteiger partial charge is 0.254 e. The number of benzene rings is 2. The first-order valence-corrected chi connectivity index (χ1v) is 11.8. The lowest BCUT2D eigenvalue weighted by Crippen LogP contribution is -2.47. The van der Waals surface area contributed by atoms with Crippen LogP contribution in [0.4, 0.5) is 5.69 Å². The van der Waals surface area contributed by atoms with Gasteiger partial charge in [0.15, 0.2) is 11.5 Å². The minimum Gasteiger partial charge on any atom is -0.440 e.